The van der Waals surface area contributed by atoms with Gasteiger partial charge >= 0.3 is 6.09 Å². The van der Waals surface area contributed by atoms with Crippen molar-refractivity contribution in [2.45, 2.75) is 85.7 Å². The summed E-state index contributed by atoms with van der Waals surface area (Å²) >= 11 is 9.75. The van der Waals surface area contributed by atoms with E-state index in [1.165, 1.54) is 19.3 Å². The highest BCUT2D eigenvalue weighted by Gasteiger charge is 2.27. The van der Waals surface area contributed by atoms with Gasteiger partial charge in [0.15, 0.2) is 5.65 Å². The third-order valence-corrected chi connectivity index (χ3v) is 6.24. The summed E-state index contributed by atoms with van der Waals surface area (Å²) in [6.45, 7) is 12.9. The summed E-state index contributed by atoms with van der Waals surface area (Å²) < 4.78 is 8.08. The molecule has 0 saturated heterocycles. The number of hydrogen-bond acceptors (Lipinski definition) is 4. The third kappa shape index (κ3) is 7.63. The lowest BCUT2D eigenvalue weighted by atomic mass is 9.90. The first-order valence-electron chi connectivity index (χ1n) is 11.3. The Morgan fingerprint density at radius 1 is 1.26 bits per heavy atom. The minimum absolute atomic E-state index is 0.305. The largest absolute Gasteiger partial charge is 0.443 e. The highest BCUT2D eigenvalue weighted by molar-refractivity contribution is 9.10. The van der Waals surface area contributed by atoms with Gasteiger partial charge in [-0.2, -0.15) is 9.61 Å². The number of anilines is 1. The van der Waals surface area contributed by atoms with Crippen molar-refractivity contribution >= 4 is 45.1 Å². The van der Waals surface area contributed by atoms with Crippen LogP contribution in [0.4, 0.5) is 10.6 Å². The molecule has 0 N–H and O–H groups in total. The second-order valence-electron chi connectivity index (χ2n) is 9.33. The molecular formula is C23H36BrClN4O2. The Labute approximate surface area is 199 Å². The van der Waals surface area contributed by atoms with Crippen LogP contribution in [0.5, 0.6) is 0 Å². The molecule has 2 heterocycles. The smallest absolute Gasteiger partial charge is 0.416 e. The van der Waals surface area contributed by atoms with Crippen LogP contribution < -0.4 is 4.90 Å². The molecule has 6 nitrogen and oxygen atoms in total. The van der Waals surface area contributed by atoms with E-state index in [9.17, 15) is 4.79 Å². The number of nitrogens with zero attached hydrogens (tertiary/aromatic N) is 4. The lowest BCUT2D eigenvalue weighted by Gasteiger charge is -2.29. The zero-order chi connectivity index (χ0) is 23.2. The minimum Gasteiger partial charge on any atom is -0.443 e. The van der Waals surface area contributed by atoms with E-state index in [0.29, 0.717) is 29.1 Å². The Morgan fingerprint density at radius 2 is 1.97 bits per heavy atom. The maximum Gasteiger partial charge on any atom is 0.416 e. The predicted octanol–water partition coefficient (Wildman–Crippen LogP) is 7.52. The van der Waals surface area contributed by atoms with Gasteiger partial charge in [0, 0.05) is 12.6 Å². The van der Waals surface area contributed by atoms with Gasteiger partial charge in [-0.3, -0.25) is 4.90 Å². The molecular weight excluding hydrogens is 480 g/mol. The van der Waals surface area contributed by atoms with E-state index in [0.717, 1.165) is 29.7 Å². The van der Waals surface area contributed by atoms with E-state index < -0.39 is 11.7 Å². The van der Waals surface area contributed by atoms with E-state index >= 15 is 0 Å². The third-order valence-electron chi connectivity index (χ3n) is 5.49. The Hall–Kier alpha value is -1.34. The second kappa shape index (κ2) is 11.5. The minimum atomic E-state index is -0.602. The molecule has 174 valence electrons. The fourth-order valence-corrected chi connectivity index (χ4v) is 4.10. The highest BCUT2D eigenvalue weighted by atomic mass is 79.9. The van der Waals surface area contributed by atoms with E-state index in [-0.39, 0.29) is 0 Å². The van der Waals surface area contributed by atoms with Crippen molar-refractivity contribution in [2.24, 2.45) is 11.8 Å². The Balaban J connectivity index is 2.32. The number of carbonyl (C=O) groups is 1. The van der Waals surface area contributed by atoms with E-state index in [1.807, 2.05) is 20.8 Å². The van der Waals surface area contributed by atoms with Crippen molar-refractivity contribution in [1.29, 1.82) is 0 Å². The summed E-state index contributed by atoms with van der Waals surface area (Å²) in [5, 5.41) is 4.70. The number of amides is 1. The molecule has 0 saturated carbocycles. The van der Waals surface area contributed by atoms with Crippen molar-refractivity contribution < 1.29 is 9.53 Å². The van der Waals surface area contributed by atoms with Gasteiger partial charge < -0.3 is 4.74 Å². The summed E-state index contributed by atoms with van der Waals surface area (Å²) in [6, 6.07) is 1.67. The van der Waals surface area contributed by atoms with Crippen molar-refractivity contribution in [2.75, 3.05) is 11.4 Å². The van der Waals surface area contributed by atoms with Crippen molar-refractivity contribution in [3.8, 4) is 0 Å². The maximum absolute atomic E-state index is 13.2. The van der Waals surface area contributed by atoms with Crippen LogP contribution in [-0.2, 0) is 4.74 Å². The van der Waals surface area contributed by atoms with Gasteiger partial charge in [0.2, 0.25) is 0 Å². The van der Waals surface area contributed by atoms with E-state index in [4.69, 9.17) is 16.3 Å². The molecule has 8 heteroatoms. The molecule has 0 aliphatic rings. The predicted molar refractivity (Wildman–Crippen MR) is 131 cm³/mol. The average Bonchev–Trinajstić information content (AvgIpc) is 3.05. The van der Waals surface area contributed by atoms with Crippen LogP contribution in [0.1, 0.15) is 80.1 Å². The van der Waals surface area contributed by atoms with Gasteiger partial charge in [0.05, 0.1) is 10.7 Å². The fourth-order valence-electron chi connectivity index (χ4n) is 3.58. The quantitative estimate of drug-likeness (QED) is 0.307. The van der Waals surface area contributed by atoms with Crippen LogP contribution in [0.2, 0.25) is 5.15 Å². The molecule has 31 heavy (non-hydrogen) atoms. The number of rotatable bonds is 10. The molecule has 2 aromatic rings. The zero-order valence-corrected chi connectivity index (χ0v) is 22.0. The fraction of sp³-hybridized carbons (Fsp3) is 0.696. The molecule has 0 bridgehead atoms. The number of ether oxygens (including phenoxy) is 1. The number of carbonyl (C=O) groups excluding carboxylic acids is 1. The number of halogens is 2. The number of aromatic nitrogens is 3. The topological polar surface area (TPSA) is 59.7 Å². The molecule has 1 amide bonds. The maximum atomic E-state index is 13.2. The van der Waals surface area contributed by atoms with Crippen molar-refractivity contribution in [3.63, 3.8) is 0 Å². The summed E-state index contributed by atoms with van der Waals surface area (Å²) in [4.78, 5) is 19.2. The SMILES string of the molecule is CCCC(CCC(C)CC)CCN(C(=O)OC(C)(C)C)c1cc(Cl)nc2c(Br)cnn12. The van der Waals surface area contributed by atoms with Crippen LogP contribution >= 0.6 is 27.5 Å². The van der Waals surface area contributed by atoms with Gasteiger partial charge in [-0.15, -0.1) is 0 Å². The molecule has 2 atom stereocenters. The molecule has 0 aromatic carbocycles. The average molecular weight is 516 g/mol. The molecule has 0 fully saturated rings. The monoisotopic (exact) mass is 514 g/mol. The molecule has 2 rings (SSSR count). The Kier molecular flexibility index (Phi) is 9.62. The first-order valence-corrected chi connectivity index (χ1v) is 12.4. The van der Waals surface area contributed by atoms with Crippen LogP contribution in [0.15, 0.2) is 16.7 Å². The highest BCUT2D eigenvalue weighted by Crippen LogP contribution is 2.28. The first-order chi connectivity index (χ1) is 14.6. The van der Waals surface area contributed by atoms with Gasteiger partial charge in [-0.05, 0) is 55.0 Å². The Bertz CT molecular complexity index is 865. The summed E-state index contributed by atoms with van der Waals surface area (Å²) in [5.74, 6) is 1.84. The molecule has 0 radical (unpaired) electrons. The van der Waals surface area contributed by atoms with Gasteiger partial charge in [-0.25, -0.2) is 9.78 Å². The van der Waals surface area contributed by atoms with Crippen LogP contribution in [0.3, 0.4) is 0 Å². The molecule has 0 aliphatic heterocycles. The standard InChI is InChI=1S/C23H36BrClN4O2/c1-7-9-17(11-10-16(3)8-2)12-13-28(22(30)31-23(4,5)6)20-14-19(25)27-21-18(24)15-26-29(20)21/h14-17H,7-13H2,1-6H3. The summed E-state index contributed by atoms with van der Waals surface area (Å²) in [5.41, 5.74) is -0.0343. The molecule has 0 spiro atoms. The van der Waals surface area contributed by atoms with Gasteiger partial charge in [0.1, 0.15) is 16.6 Å². The normalized spacial score (nSPS) is 13.9. The lowest BCUT2D eigenvalue weighted by Crippen LogP contribution is -2.39. The van der Waals surface area contributed by atoms with Gasteiger partial charge in [0.25, 0.3) is 0 Å². The van der Waals surface area contributed by atoms with Gasteiger partial charge in [-0.1, -0.05) is 64.5 Å². The number of hydrogen-bond donors (Lipinski definition) is 0. The van der Waals surface area contributed by atoms with Crippen LogP contribution in [0, 0.1) is 11.8 Å². The molecule has 0 aliphatic carbocycles. The van der Waals surface area contributed by atoms with E-state index in [1.54, 1.807) is 21.7 Å². The number of fused-ring (bicyclic) bond motifs is 1. The first kappa shape index (κ1) is 25.9. The van der Waals surface area contributed by atoms with Crippen LogP contribution in [-0.4, -0.2) is 32.8 Å². The van der Waals surface area contributed by atoms with Crippen molar-refractivity contribution in [3.05, 3.63) is 21.9 Å². The van der Waals surface area contributed by atoms with Crippen LogP contribution in [0.25, 0.3) is 5.65 Å². The molecule has 2 unspecified atom stereocenters. The summed E-state index contributed by atoms with van der Waals surface area (Å²) in [6.07, 6.45) is 8.02. The Morgan fingerprint density at radius 3 is 2.58 bits per heavy atom. The second-order valence-corrected chi connectivity index (χ2v) is 10.6. The molecule has 2 aromatic heterocycles. The lowest BCUT2D eigenvalue weighted by molar-refractivity contribution is 0.0576. The van der Waals surface area contributed by atoms with Crippen molar-refractivity contribution in [1.82, 2.24) is 14.6 Å². The zero-order valence-electron chi connectivity index (χ0n) is 19.6. The van der Waals surface area contributed by atoms with E-state index in [2.05, 4.69) is 46.8 Å². The summed E-state index contributed by atoms with van der Waals surface area (Å²) in [7, 11) is 0.